The number of rotatable bonds is 8. The van der Waals surface area contributed by atoms with E-state index in [1.807, 2.05) is 12.1 Å². The van der Waals surface area contributed by atoms with Crippen LogP contribution in [0.25, 0.3) is 0 Å². The summed E-state index contributed by atoms with van der Waals surface area (Å²) in [4.78, 5) is 0. The zero-order valence-electron chi connectivity index (χ0n) is 11.9. The van der Waals surface area contributed by atoms with Gasteiger partial charge in [-0.3, -0.25) is 0 Å². The van der Waals surface area contributed by atoms with E-state index < -0.39 is 0 Å². The molecule has 1 unspecified atom stereocenters. The van der Waals surface area contributed by atoms with Gasteiger partial charge in [-0.15, -0.1) is 0 Å². The van der Waals surface area contributed by atoms with Crippen LogP contribution in [0, 0.1) is 5.92 Å². The molecule has 1 N–H and O–H groups in total. The zero-order chi connectivity index (χ0) is 13.4. The van der Waals surface area contributed by atoms with Crippen LogP contribution in [0.5, 0.6) is 0 Å². The van der Waals surface area contributed by atoms with Crippen LogP contribution in [0.1, 0.15) is 45.6 Å². The summed E-state index contributed by atoms with van der Waals surface area (Å²) in [6, 6.07) is 8.87. The molecular formula is C16H26ClN. The minimum atomic E-state index is 0.639. The van der Waals surface area contributed by atoms with E-state index in [0.29, 0.717) is 6.04 Å². The van der Waals surface area contributed by atoms with Crippen molar-refractivity contribution >= 4 is 11.6 Å². The third-order valence-corrected chi connectivity index (χ3v) is 3.39. The van der Waals surface area contributed by atoms with Crippen molar-refractivity contribution in [3.63, 3.8) is 0 Å². The largest absolute Gasteiger partial charge is 0.314 e. The summed E-state index contributed by atoms with van der Waals surface area (Å²) >= 11 is 5.90. The van der Waals surface area contributed by atoms with Gasteiger partial charge in [0.1, 0.15) is 0 Å². The molecule has 1 aromatic rings. The van der Waals surface area contributed by atoms with E-state index in [-0.39, 0.29) is 0 Å². The molecule has 0 aliphatic rings. The summed E-state index contributed by atoms with van der Waals surface area (Å²) in [6.45, 7) is 7.93. The lowest BCUT2D eigenvalue weighted by Crippen LogP contribution is -2.31. The molecule has 102 valence electrons. The van der Waals surface area contributed by atoms with E-state index >= 15 is 0 Å². The van der Waals surface area contributed by atoms with Gasteiger partial charge in [0.25, 0.3) is 0 Å². The lowest BCUT2D eigenvalue weighted by molar-refractivity contribution is 0.398. The molecule has 1 rings (SSSR count). The first-order valence-electron chi connectivity index (χ1n) is 7.09. The lowest BCUT2D eigenvalue weighted by Gasteiger charge is -2.20. The molecule has 0 heterocycles. The number of halogens is 1. The van der Waals surface area contributed by atoms with Crippen LogP contribution in [0.3, 0.4) is 0 Å². The molecule has 18 heavy (non-hydrogen) atoms. The number of aryl methyl sites for hydroxylation is 1. The Bertz CT molecular complexity index is 318. The molecule has 0 aromatic heterocycles. The minimum Gasteiger partial charge on any atom is -0.314 e. The van der Waals surface area contributed by atoms with Crippen molar-refractivity contribution in [3.8, 4) is 0 Å². The Morgan fingerprint density at radius 1 is 1.17 bits per heavy atom. The Morgan fingerprint density at radius 2 is 1.83 bits per heavy atom. The van der Waals surface area contributed by atoms with Crippen molar-refractivity contribution in [3.05, 3.63) is 34.9 Å². The highest BCUT2D eigenvalue weighted by molar-refractivity contribution is 6.30. The van der Waals surface area contributed by atoms with Gasteiger partial charge >= 0.3 is 0 Å². The van der Waals surface area contributed by atoms with Gasteiger partial charge in [-0.05, 0) is 55.8 Å². The first kappa shape index (κ1) is 15.5. The summed E-state index contributed by atoms with van der Waals surface area (Å²) in [5, 5.41) is 4.48. The van der Waals surface area contributed by atoms with E-state index in [1.54, 1.807) is 0 Å². The SMILES string of the molecule is CCCNC(CCc1ccc(Cl)cc1)CC(C)C. The Kier molecular flexibility index (Phi) is 7.38. The molecule has 0 aliphatic heterocycles. The van der Waals surface area contributed by atoms with Crippen LogP contribution >= 0.6 is 11.6 Å². The van der Waals surface area contributed by atoms with Gasteiger partial charge in [0, 0.05) is 11.1 Å². The van der Waals surface area contributed by atoms with Crippen LogP contribution in [0.2, 0.25) is 5.02 Å². The monoisotopic (exact) mass is 267 g/mol. The van der Waals surface area contributed by atoms with Gasteiger partial charge in [0.15, 0.2) is 0 Å². The molecule has 0 saturated carbocycles. The van der Waals surface area contributed by atoms with Crippen molar-refractivity contribution in [1.29, 1.82) is 0 Å². The van der Waals surface area contributed by atoms with Gasteiger partial charge in [0.05, 0.1) is 0 Å². The van der Waals surface area contributed by atoms with Crippen LogP contribution in [0.4, 0.5) is 0 Å². The van der Waals surface area contributed by atoms with Crippen molar-refractivity contribution < 1.29 is 0 Å². The topological polar surface area (TPSA) is 12.0 Å². The highest BCUT2D eigenvalue weighted by atomic mass is 35.5. The highest BCUT2D eigenvalue weighted by Crippen LogP contribution is 2.14. The summed E-state index contributed by atoms with van der Waals surface area (Å²) in [5.41, 5.74) is 1.38. The van der Waals surface area contributed by atoms with Gasteiger partial charge < -0.3 is 5.32 Å². The van der Waals surface area contributed by atoms with Crippen molar-refractivity contribution in [2.24, 2.45) is 5.92 Å². The molecule has 1 aromatic carbocycles. The fourth-order valence-electron chi connectivity index (χ4n) is 2.21. The second-order valence-corrected chi connectivity index (χ2v) is 5.88. The normalized spacial score (nSPS) is 12.9. The maximum atomic E-state index is 5.90. The summed E-state index contributed by atoms with van der Waals surface area (Å²) in [5.74, 6) is 0.754. The summed E-state index contributed by atoms with van der Waals surface area (Å²) in [7, 11) is 0. The third kappa shape index (κ3) is 6.42. The standard InChI is InChI=1S/C16H26ClN/c1-4-11-18-16(12-13(2)3)10-7-14-5-8-15(17)9-6-14/h5-6,8-9,13,16,18H,4,7,10-12H2,1-3H3. The van der Waals surface area contributed by atoms with Crippen molar-refractivity contribution in [2.75, 3.05) is 6.54 Å². The van der Waals surface area contributed by atoms with E-state index in [2.05, 4.69) is 38.2 Å². The molecule has 0 radical (unpaired) electrons. The predicted molar refractivity (Wildman–Crippen MR) is 81.3 cm³/mol. The molecular weight excluding hydrogens is 242 g/mol. The minimum absolute atomic E-state index is 0.639. The molecule has 0 fully saturated rings. The highest BCUT2D eigenvalue weighted by Gasteiger charge is 2.10. The fourth-order valence-corrected chi connectivity index (χ4v) is 2.34. The maximum absolute atomic E-state index is 5.90. The van der Waals surface area contributed by atoms with E-state index in [4.69, 9.17) is 11.6 Å². The van der Waals surface area contributed by atoms with E-state index in [0.717, 1.165) is 23.9 Å². The van der Waals surface area contributed by atoms with Crippen molar-refractivity contribution in [1.82, 2.24) is 5.32 Å². The number of hydrogen-bond acceptors (Lipinski definition) is 1. The van der Waals surface area contributed by atoms with Gasteiger partial charge in [0.2, 0.25) is 0 Å². The Morgan fingerprint density at radius 3 is 2.39 bits per heavy atom. The Balaban J connectivity index is 2.42. The zero-order valence-corrected chi connectivity index (χ0v) is 12.6. The van der Waals surface area contributed by atoms with Gasteiger partial charge in [-0.2, -0.15) is 0 Å². The quantitative estimate of drug-likeness (QED) is 0.721. The third-order valence-electron chi connectivity index (χ3n) is 3.13. The average molecular weight is 268 g/mol. The molecule has 1 atom stereocenters. The lowest BCUT2D eigenvalue weighted by atomic mass is 9.97. The molecule has 1 nitrogen and oxygen atoms in total. The van der Waals surface area contributed by atoms with E-state index in [1.165, 1.54) is 24.8 Å². The number of nitrogens with one attached hydrogen (secondary N) is 1. The van der Waals surface area contributed by atoms with Crippen molar-refractivity contribution in [2.45, 2.75) is 52.5 Å². The molecule has 0 bridgehead atoms. The summed E-state index contributed by atoms with van der Waals surface area (Å²) in [6.07, 6.45) is 4.80. The van der Waals surface area contributed by atoms with Gasteiger partial charge in [-0.25, -0.2) is 0 Å². The fraction of sp³-hybridized carbons (Fsp3) is 0.625. The molecule has 2 heteroatoms. The summed E-state index contributed by atoms with van der Waals surface area (Å²) < 4.78 is 0. The van der Waals surface area contributed by atoms with Crippen LogP contribution in [-0.4, -0.2) is 12.6 Å². The second-order valence-electron chi connectivity index (χ2n) is 5.45. The van der Waals surface area contributed by atoms with Crippen LogP contribution < -0.4 is 5.32 Å². The first-order chi connectivity index (χ1) is 8.61. The first-order valence-corrected chi connectivity index (χ1v) is 7.47. The molecule has 0 amide bonds. The van der Waals surface area contributed by atoms with Gasteiger partial charge in [-0.1, -0.05) is 44.5 Å². The Labute approximate surface area is 117 Å². The smallest absolute Gasteiger partial charge is 0.0406 e. The van der Waals surface area contributed by atoms with Crippen LogP contribution in [0.15, 0.2) is 24.3 Å². The molecule has 0 aliphatic carbocycles. The number of hydrogen-bond donors (Lipinski definition) is 1. The second kappa shape index (κ2) is 8.55. The van der Waals surface area contributed by atoms with Crippen LogP contribution in [-0.2, 0) is 6.42 Å². The maximum Gasteiger partial charge on any atom is 0.0406 e. The van der Waals surface area contributed by atoms with E-state index in [9.17, 15) is 0 Å². The molecule has 0 saturated heterocycles. The Hall–Kier alpha value is -0.530. The molecule has 0 spiro atoms. The number of benzene rings is 1. The average Bonchev–Trinajstić information content (AvgIpc) is 2.34. The predicted octanol–water partition coefficient (Wildman–Crippen LogP) is 4.69.